The Bertz CT molecular complexity index is 399. The van der Waals surface area contributed by atoms with Gasteiger partial charge in [-0.1, -0.05) is 6.92 Å². The number of amidine groups is 1. The Kier molecular flexibility index (Phi) is 6.67. The van der Waals surface area contributed by atoms with Gasteiger partial charge in [-0.05, 0) is 18.6 Å². The summed E-state index contributed by atoms with van der Waals surface area (Å²) < 4.78 is 10.4. The van der Waals surface area contributed by atoms with Crippen molar-refractivity contribution in [3.05, 3.63) is 24.2 Å². The Balaban J connectivity index is 2.55. The fourth-order valence-electron chi connectivity index (χ4n) is 1.27. The third kappa shape index (κ3) is 6.05. The van der Waals surface area contributed by atoms with E-state index in [4.69, 9.17) is 9.15 Å². The molecule has 106 valence electrons. The Morgan fingerprint density at radius 3 is 2.89 bits per heavy atom. The van der Waals surface area contributed by atoms with Crippen molar-refractivity contribution in [3.63, 3.8) is 0 Å². The van der Waals surface area contributed by atoms with Crippen LogP contribution in [0.4, 0.5) is 0 Å². The summed E-state index contributed by atoms with van der Waals surface area (Å²) in [4.78, 5) is 17.3. The highest BCUT2D eigenvalue weighted by molar-refractivity contribution is 6.02. The molecular weight excluding hydrogens is 246 g/mol. The van der Waals surface area contributed by atoms with E-state index < -0.39 is 0 Å². The summed E-state index contributed by atoms with van der Waals surface area (Å²) in [5, 5.41) is 2.61. The van der Waals surface area contributed by atoms with Crippen LogP contribution in [0, 0.1) is 0 Å². The lowest BCUT2D eigenvalue weighted by Crippen LogP contribution is -3.06. The van der Waals surface area contributed by atoms with Crippen molar-refractivity contribution >= 4 is 11.9 Å². The minimum Gasteiger partial charge on any atom is -0.465 e. The summed E-state index contributed by atoms with van der Waals surface area (Å²) in [6, 6.07) is 3.51. The SMILES string of the molecule is CCCOC(=NCC[NH+](C)C)NC(=O)c1ccco1. The molecule has 0 spiro atoms. The summed E-state index contributed by atoms with van der Waals surface area (Å²) >= 11 is 0. The molecule has 0 aliphatic rings. The molecule has 0 saturated carbocycles. The smallest absolute Gasteiger partial charge is 0.294 e. The quantitative estimate of drug-likeness (QED) is 0.561. The maximum absolute atomic E-state index is 11.8. The van der Waals surface area contributed by atoms with E-state index in [1.807, 2.05) is 21.0 Å². The number of rotatable bonds is 6. The topological polar surface area (TPSA) is 68.3 Å². The van der Waals surface area contributed by atoms with Crippen LogP contribution in [0.3, 0.4) is 0 Å². The van der Waals surface area contributed by atoms with E-state index in [-0.39, 0.29) is 17.7 Å². The number of hydrogen-bond donors (Lipinski definition) is 2. The Hall–Kier alpha value is -1.82. The number of amides is 1. The molecule has 2 N–H and O–H groups in total. The molecular formula is C13H22N3O3+. The second-order valence-corrected chi connectivity index (χ2v) is 4.42. The third-order valence-corrected chi connectivity index (χ3v) is 2.28. The van der Waals surface area contributed by atoms with Crippen molar-refractivity contribution in [2.45, 2.75) is 13.3 Å². The molecule has 0 bridgehead atoms. The zero-order valence-electron chi connectivity index (χ0n) is 11.7. The van der Waals surface area contributed by atoms with Gasteiger partial charge < -0.3 is 14.1 Å². The van der Waals surface area contributed by atoms with Gasteiger partial charge in [0.1, 0.15) is 0 Å². The second-order valence-electron chi connectivity index (χ2n) is 4.42. The van der Waals surface area contributed by atoms with Crippen LogP contribution in [-0.4, -0.2) is 45.7 Å². The van der Waals surface area contributed by atoms with Crippen molar-refractivity contribution in [2.75, 3.05) is 33.8 Å². The number of carbonyl (C=O) groups is 1. The molecule has 1 amide bonds. The lowest BCUT2D eigenvalue weighted by molar-refractivity contribution is -0.856. The zero-order chi connectivity index (χ0) is 14.1. The molecule has 0 radical (unpaired) electrons. The first-order valence-corrected chi connectivity index (χ1v) is 6.44. The first kappa shape index (κ1) is 15.2. The molecule has 0 aromatic carbocycles. The molecule has 0 unspecified atom stereocenters. The number of carbonyl (C=O) groups excluding carboxylic acids is 1. The minimum absolute atomic E-state index is 0.242. The first-order valence-electron chi connectivity index (χ1n) is 6.44. The highest BCUT2D eigenvalue weighted by Gasteiger charge is 2.12. The van der Waals surface area contributed by atoms with Gasteiger partial charge in [0.05, 0.1) is 40.1 Å². The van der Waals surface area contributed by atoms with Gasteiger partial charge in [0, 0.05) is 0 Å². The molecule has 6 nitrogen and oxygen atoms in total. The molecule has 1 heterocycles. The van der Waals surface area contributed by atoms with Crippen molar-refractivity contribution in [1.82, 2.24) is 5.32 Å². The van der Waals surface area contributed by atoms with E-state index >= 15 is 0 Å². The van der Waals surface area contributed by atoms with Crippen LogP contribution in [-0.2, 0) is 4.74 Å². The monoisotopic (exact) mass is 268 g/mol. The van der Waals surface area contributed by atoms with E-state index in [2.05, 4.69) is 10.3 Å². The molecule has 0 atom stereocenters. The second kappa shape index (κ2) is 8.31. The van der Waals surface area contributed by atoms with E-state index in [0.717, 1.165) is 13.0 Å². The molecule has 19 heavy (non-hydrogen) atoms. The normalized spacial score (nSPS) is 11.7. The Morgan fingerprint density at radius 2 is 2.32 bits per heavy atom. The van der Waals surface area contributed by atoms with E-state index in [0.29, 0.717) is 13.2 Å². The van der Waals surface area contributed by atoms with Crippen molar-refractivity contribution in [3.8, 4) is 0 Å². The number of aliphatic imine (C=N–C) groups is 1. The number of furan rings is 1. The van der Waals surface area contributed by atoms with Gasteiger partial charge in [-0.2, -0.15) is 0 Å². The molecule has 0 aliphatic heterocycles. The number of hydrogen-bond acceptors (Lipinski definition) is 4. The number of nitrogens with one attached hydrogen (secondary N) is 2. The Labute approximate surface area is 113 Å². The summed E-state index contributed by atoms with van der Waals surface area (Å²) in [7, 11) is 4.09. The largest absolute Gasteiger partial charge is 0.465 e. The summed E-state index contributed by atoms with van der Waals surface area (Å²) in [6.07, 6.45) is 2.31. The van der Waals surface area contributed by atoms with Crippen molar-refractivity contribution in [1.29, 1.82) is 0 Å². The number of likely N-dealkylation sites (N-methyl/N-ethyl adjacent to an activating group) is 1. The number of ether oxygens (including phenoxy) is 1. The van der Waals surface area contributed by atoms with Crippen LogP contribution >= 0.6 is 0 Å². The third-order valence-electron chi connectivity index (χ3n) is 2.28. The highest BCUT2D eigenvalue weighted by atomic mass is 16.5. The van der Waals surface area contributed by atoms with Gasteiger partial charge >= 0.3 is 0 Å². The van der Waals surface area contributed by atoms with Gasteiger partial charge in [0.25, 0.3) is 11.9 Å². The number of quaternary nitrogens is 1. The lowest BCUT2D eigenvalue weighted by atomic mass is 10.4. The van der Waals surface area contributed by atoms with Gasteiger partial charge in [-0.3, -0.25) is 10.1 Å². The molecule has 1 rings (SSSR count). The van der Waals surface area contributed by atoms with E-state index in [1.54, 1.807) is 12.1 Å². The maximum Gasteiger partial charge on any atom is 0.294 e. The first-order chi connectivity index (χ1) is 9.13. The Morgan fingerprint density at radius 1 is 1.53 bits per heavy atom. The standard InChI is InChI=1S/C13H21N3O3/c1-4-9-19-13(14-7-8-16(2)3)15-12(17)11-6-5-10-18-11/h5-6,10H,4,7-9H2,1-3H3,(H,14,15,17)/p+1. The summed E-state index contributed by atoms with van der Waals surface area (Å²) in [6.45, 7) is 3.98. The highest BCUT2D eigenvalue weighted by Crippen LogP contribution is 1.99. The molecule has 0 fully saturated rings. The van der Waals surface area contributed by atoms with Crippen LogP contribution in [0.5, 0.6) is 0 Å². The molecule has 1 aromatic rings. The average Bonchev–Trinajstić information content (AvgIpc) is 2.89. The predicted molar refractivity (Wildman–Crippen MR) is 72.4 cm³/mol. The predicted octanol–water partition coefficient (Wildman–Crippen LogP) is -0.0635. The van der Waals surface area contributed by atoms with Crippen LogP contribution < -0.4 is 10.2 Å². The van der Waals surface area contributed by atoms with Crippen molar-refractivity contribution in [2.24, 2.45) is 4.99 Å². The van der Waals surface area contributed by atoms with E-state index in [1.165, 1.54) is 11.2 Å². The van der Waals surface area contributed by atoms with E-state index in [9.17, 15) is 4.79 Å². The fraction of sp³-hybridized carbons (Fsp3) is 0.538. The van der Waals surface area contributed by atoms with Crippen LogP contribution in [0.15, 0.2) is 27.8 Å². The van der Waals surface area contributed by atoms with Gasteiger partial charge in [-0.15, -0.1) is 0 Å². The number of nitrogens with zero attached hydrogens (tertiary/aromatic N) is 1. The minimum atomic E-state index is -0.350. The van der Waals surface area contributed by atoms with Crippen LogP contribution in [0.1, 0.15) is 23.9 Å². The molecule has 0 saturated heterocycles. The maximum atomic E-state index is 11.8. The van der Waals surface area contributed by atoms with Crippen molar-refractivity contribution < 1.29 is 18.8 Å². The zero-order valence-corrected chi connectivity index (χ0v) is 11.7. The fourth-order valence-corrected chi connectivity index (χ4v) is 1.27. The molecule has 1 aromatic heterocycles. The average molecular weight is 268 g/mol. The summed E-state index contributed by atoms with van der Waals surface area (Å²) in [5.74, 6) is -0.108. The van der Waals surface area contributed by atoms with Crippen LogP contribution in [0.25, 0.3) is 0 Å². The molecule has 0 aliphatic carbocycles. The lowest BCUT2D eigenvalue weighted by Gasteiger charge is -2.10. The van der Waals surface area contributed by atoms with Gasteiger partial charge in [0.15, 0.2) is 5.76 Å². The van der Waals surface area contributed by atoms with Gasteiger partial charge in [-0.25, -0.2) is 4.99 Å². The summed E-state index contributed by atoms with van der Waals surface area (Å²) in [5.41, 5.74) is 0. The molecule has 6 heteroatoms. The van der Waals surface area contributed by atoms with Crippen LogP contribution in [0.2, 0.25) is 0 Å². The van der Waals surface area contributed by atoms with Gasteiger partial charge in [0.2, 0.25) is 0 Å².